The molecule has 0 spiro atoms. The average Bonchev–Trinajstić information content (AvgIpc) is 3.45. The number of aliphatic carboxylic acids is 1. The normalized spacial score (nSPS) is 16.1. The molecule has 0 aliphatic carbocycles. The Kier molecular flexibility index (Phi) is 7.64. The highest BCUT2D eigenvalue weighted by Crippen LogP contribution is 2.28. The van der Waals surface area contributed by atoms with E-state index >= 15 is 0 Å². The number of carbonyl (C=O) groups is 1. The molecule has 2 aromatic heterocycles. The summed E-state index contributed by atoms with van der Waals surface area (Å²) < 4.78 is 33.4. The molecule has 1 saturated heterocycles. The van der Waals surface area contributed by atoms with Gasteiger partial charge in [-0.3, -0.25) is 0 Å². The zero-order valence-electron chi connectivity index (χ0n) is 19.5. The van der Waals surface area contributed by atoms with Gasteiger partial charge in [-0.25, -0.2) is 9.48 Å². The van der Waals surface area contributed by atoms with Gasteiger partial charge in [0.25, 0.3) is 0 Å². The minimum atomic E-state index is -5.08. The molecule has 1 fully saturated rings. The highest BCUT2D eigenvalue weighted by Gasteiger charge is 2.38. The first-order valence-electron chi connectivity index (χ1n) is 10.8. The highest BCUT2D eigenvalue weighted by molar-refractivity contribution is 5.73. The number of alkyl halides is 3. The average molecular weight is 493 g/mol. The second-order valence-corrected chi connectivity index (χ2v) is 9.06. The molecule has 188 valence electrons. The van der Waals surface area contributed by atoms with Gasteiger partial charge in [0.05, 0.1) is 5.69 Å². The van der Waals surface area contributed by atoms with Crippen LogP contribution in [0.4, 0.5) is 19.0 Å². The van der Waals surface area contributed by atoms with E-state index in [1.165, 1.54) is 0 Å². The molecule has 12 heteroatoms. The molecule has 9 nitrogen and oxygen atoms in total. The van der Waals surface area contributed by atoms with Crippen LogP contribution in [-0.4, -0.2) is 67.0 Å². The number of carboxylic acids is 1. The molecular formula is C23H27F3N6O3. The van der Waals surface area contributed by atoms with Gasteiger partial charge in [-0.2, -0.15) is 18.3 Å². The molecule has 0 amide bonds. The van der Waals surface area contributed by atoms with Gasteiger partial charge in [0.1, 0.15) is 11.4 Å². The van der Waals surface area contributed by atoms with Crippen LogP contribution in [0.1, 0.15) is 27.2 Å². The van der Waals surface area contributed by atoms with Gasteiger partial charge < -0.3 is 20.4 Å². The first-order valence-corrected chi connectivity index (χ1v) is 10.8. The second kappa shape index (κ2) is 10.3. The van der Waals surface area contributed by atoms with E-state index in [0.29, 0.717) is 11.7 Å². The summed E-state index contributed by atoms with van der Waals surface area (Å²) in [5, 5.41) is 34.1. The molecule has 1 atom stereocenters. The summed E-state index contributed by atoms with van der Waals surface area (Å²) in [6.07, 6.45) is -0.512. The topological polar surface area (TPSA) is 116 Å². The van der Waals surface area contributed by atoms with Crippen molar-refractivity contribution in [3.63, 3.8) is 0 Å². The lowest BCUT2D eigenvalue weighted by Gasteiger charge is -2.26. The molecule has 3 N–H and O–H groups in total. The Bertz CT molecular complexity index is 1130. The van der Waals surface area contributed by atoms with Gasteiger partial charge in [0.2, 0.25) is 0 Å². The molecule has 4 rings (SSSR count). The third-order valence-corrected chi connectivity index (χ3v) is 5.06. The first kappa shape index (κ1) is 25.9. The molecule has 1 aromatic carbocycles. The largest absolute Gasteiger partial charge is 0.506 e. The molecule has 0 bridgehead atoms. The van der Waals surface area contributed by atoms with Crippen LogP contribution in [0.2, 0.25) is 0 Å². The highest BCUT2D eigenvalue weighted by atomic mass is 19.4. The fourth-order valence-electron chi connectivity index (χ4n) is 3.63. The number of halogens is 3. The predicted molar refractivity (Wildman–Crippen MR) is 123 cm³/mol. The molecule has 3 heterocycles. The SMILES string of the molecule is CC(C)(C)NC1CCN(c2ccc(-c3ccc(-n4cccn4)c(O)c3)nn2)C1.O=C(O)C(F)(F)F. The predicted octanol–water partition coefficient (Wildman–Crippen LogP) is 3.64. The number of rotatable bonds is 4. The fraction of sp³-hybridized carbons (Fsp3) is 0.391. The Labute approximate surface area is 200 Å². The third kappa shape index (κ3) is 7.15. The van der Waals surface area contributed by atoms with Crippen molar-refractivity contribution in [1.29, 1.82) is 0 Å². The Balaban J connectivity index is 0.000000429. The summed E-state index contributed by atoms with van der Waals surface area (Å²) in [7, 11) is 0. The number of aromatic nitrogens is 4. The maximum Gasteiger partial charge on any atom is 0.490 e. The van der Waals surface area contributed by atoms with Crippen molar-refractivity contribution in [2.24, 2.45) is 0 Å². The minimum absolute atomic E-state index is 0.112. The molecular weight excluding hydrogens is 465 g/mol. The summed E-state index contributed by atoms with van der Waals surface area (Å²) in [5.74, 6) is -1.71. The van der Waals surface area contributed by atoms with E-state index in [1.807, 2.05) is 30.3 Å². The number of benzene rings is 1. The van der Waals surface area contributed by atoms with Crippen LogP contribution in [0, 0.1) is 0 Å². The van der Waals surface area contributed by atoms with Gasteiger partial charge in [0, 0.05) is 42.6 Å². The lowest BCUT2D eigenvalue weighted by atomic mass is 10.1. The zero-order valence-corrected chi connectivity index (χ0v) is 19.5. The zero-order chi connectivity index (χ0) is 25.8. The van der Waals surface area contributed by atoms with Crippen molar-refractivity contribution in [3.05, 3.63) is 48.8 Å². The van der Waals surface area contributed by atoms with Crippen molar-refractivity contribution in [3.8, 4) is 22.7 Å². The number of nitrogens with zero attached hydrogens (tertiary/aromatic N) is 5. The fourth-order valence-corrected chi connectivity index (χ4v) is 3.63. The van der Waals surface area contributed by atoms with Crippen LogP contribution in [0.25, 0.3) is 16.9 Å². The van der Waals surface area contributed by atoms with Crippen LogP contribution in [0.3, 0.4) is 0 Å². The van der Waals surface area contributed by atoms with Crippen LogP contribution in [0.5, 0.6) is 5.75 Å². The first-order chi connectivity index (χ1) is 16.3. The van der Waals surface area contributed by atoms with E-state index in [9.17, 15) is 18.3 Å². The molecule has 35 heavy (non-hydrogen) atoms. The Morgan fingerprint density at radius 3 is 2.37 bits per heavy atom. The van der Waals surface area contributed by atoms with E-state index < -0.39 is 12.1 Å². The number of carboxylic acid groups (broad SMARTS) is 1. The Morgan fingerprint density at radius 2 is 1.86 bits per heavy atom. The quantitative estimate of drug-likeness (QED) is 0.506. The van der Waals surface area contributed by atoms with Crippen molar-refractivity contribution < 1.29 is 28.2 Å². The van der Waals surface area contributed by atoms with Gasteiger partial charge in [0.15, 0.2) is 5.82 Å². The van der Waals surface area contributed by atoms with Crippen LogP contribution >= 0.6 is 0 Å². The lowest BCUT2D eigenvalue weighted by molar-refractivity contribution is -0.192. The number of phenols is 1. The van der Waals surface area contributed by atoms with Crippen molar-refractivity contribution >= 4 is 11.8 Å². The van der Waals surface area contributed by atoms with Crippen LogP contribution in [-0.2, 0) is 4.79 Å². The molecule has 0 saturated carbocycles. The Morgan fingerprint density at radius 1 is 1.14 bits per heavy atom. The Hall–Kier alpha value is -3.67. The number of hydrogen-bond donors (Lipinski definition) is 3. The molecule has 1 aliphatic heterocycles. The number of hydrogen-bond acceptors (Lipinski definition) is 7. The molecule has 3 aromatic rings. The van der Waals surface area contributed by atoms with Crippen molar-refractivity contribution in [1.82, 2.24) is 25.3 Å². The lowest BCUT2D eigenvalue weighted by Crippen LogP contribution is -2.45. The smallest absolute Gasteiger partial charge is 0.490 e. The number of anilines is 1. The van der Waals surface area contributed by atoms with Gasteiger partial charge >= 0.3 is 12.1 Å². The van der Waals surface area contributed by atoms with Crippen LogP contribution in [0.15, 0.2) is 48.8 Å². The van der Waals surface area contributed by atoms with E-state index in [0.717, 1.165) is 36.6 Å². The maximum absolute atomic E-state index is 10.6. The summed E-state index contributed by atoms with van der Waals surface area (Å²) in [6, 6.07) is 11.7. The minimum Gasteiger partial charge on any atom is -0.506 e. The van der Waals surface area contributed by atoms with Gasteiger partial charge in [-0.1, -0.05) is 6.07 Å². The summed E-state index contributed by atoms with van der Waals surface area (Å²) in [6.45, 7) is 8.48. The monoisotopic (exact) mass is 492 g/mol. The summed E-state index contributed by atoms with van der Waals surface area (Å²) in [4.78, 5) is 11.2. The number of nitrogens with one attached hydrogen (secondary N) is 1. The second-order valence-electron chi connectivity index (χ2n) is 9.06. The van der Waals surface area contributed by atoms with Gasteiger partial charge in [-0.15, -0.1) is 10.2 Å². The number of phenolic OH excluding ortho intramolecular Hbond substituents is 1. The molecule has 1 aliphatic rings. The molecule has 1 unspecified atom stereocenters. The summed E-state index contributed by atoms with van der Waals surface area (Å²) in [5.41, 5.74) is 2.30. The van der Waals surface area contributed by atoms with Crippen molar-refractivity contribution in [2.45, 2.75) is 44.9 Å². The van der Waals surface area contributed by atoms with Crippen LogP contribution < -0.4 is 10.2 Å². The van der Waals surface area contributed by atoms with E-state index in [4.69, 9.17) is 9.90 Å². The molecule has 0 radical (unpaired) electrons. The standard InChI is InChI=1S/C21H26N6O.C2HF3O2/c1-21(2,3)23-16-9-12-26(14-16)20-8-6-17(24-25-20)15-5-7-18(19(28)13-15)27-11-4-10-22-27;3-2(4,5)1(6)7/h4-8,10-11,13,16,23,28H,9,12,14H2,1-3H3;(H,6,7). The third-order valence-electron chi connectivity index (χ3n) is 5.06. The summed E-state index contributed by atoms with van der Waals surface area (Å²) >= 11 is 0. The van der Waals surface area contributed by atoms with Crippen molar-refractivity contribution in [2.75, 3.05) is 18.0 Å². The van der Waals surface area contributed by atoms with E-state index in [2.05, 4.69) is 46.3 Å². The maximum atomic E-state index is 10.6. The van der Waals surface area contributed by atoms with E-state index in [-0.39, 0.29) is 11.3 Å². The van der Waals surface area contributed by atoms with E-state index in [1.54, 1.807) is 23.1 Å². The number of aromatic hydroxyl groups is 1. The van der Waals surface area contributed by atoms with Gasteiger partial charge in [-0.05, 0) is 57.5 Å².